The molecule has 7 heteroatoms. The monoisotopic (exact) mass is 418 g/mol. The van der Waals surface area contributed by atoms with Gasteiger partial charge < -0.3 is 19.0 Å². The van der Waals surface area contributed by atoms with Crippen LogP contribution in [0.2, 0.25) is 0 Å². The third-order valence-corrected chi connectivity index (χ3v) is 5.74. The number of rotatable bonds is 2. The number of esters is 1. The van der Waals surface area contributed by atoms with Gasteiger partial charge in [0.25, 0.3) is 0 Å². The van der Waals surface area contributed by atoms with Crippen LogP contribution in [0.3, 0.4) is 0 Å². The highest BCUT2D eigenvalue weighted by atomic mass is 16.5. The summed E-state index contributed by atoms with van der Waals surface area (Å²) in [5, 5.41) is 11.1. The number of carbonyl (C=O) groups is 2. The molecule has 156 valence electrons. The number of phenolic OH excluding ortho intramolecular Hbond substituents is 1. The van der Waals surface area contributed by atoms with E-state index < -0.39 is 23.3 Å². The molecule has 0 radical (unpaired) electrons. The van der Waals surface area contributed by atoms with Crippen LogP contribution in [0.15, 0.2) is 45.1 Å². The van der Waals surface area contributed by atoms with Gasteiger partial charge in [-0.1, -0.05) is 18.2 Å². The Hall–Kier alpha value is -3.87. The molecule has 1 N–H and O–H groups in total. The van der Waals surface area contributed by atoms with Gasteiger partial charge in [0, 0.05) is 23.1 Å². The molecular formula is C24H18O7. The maximum Gasteiger partial charge on any atom is 0.336 e. The molecule has 2 aromatic carbocycles. The minimum absolute atomic E-state index is 0.0147. The Morgan fingerprint density at radius 1 is 1.19 bits per heavy atom. The van der Waals surface area contributed by atoms with Crippen LogP contribution in [-0.2, 0) is 4.79 Å². The van der Waals surface area contributed by atoms with E-state index in [1.54, 1.807) is 6.92 Å². The number of fused-ring (bicyclic) bond motifs is 4. The number of benzene rings is 2. The molecule has 0 saturated heterocycles. The average molecular weight is 418 g/mol. The number of para-hydroxylation sites is 1. The first-order valence-corrected chi connectivity index (χ1v) is 9.82. The Kier molecular flexibility index (Phi) is 4.22. The third kappa shape index (κ3) is 2.92. The third-order valence-electron chi connectivity index (χ3n) is 5.74. The van der Waals surface area contributed by atoms with Crippen molar-refractivity contribution in [3.05, 3.63) is 68.6 Å². The summed E-state index contributed by atoms with van der Waals surface area (Å²) in [4.78, 5) is 37.1. The standard InChI is InChI=1S/C24H18O7/c1-11-7-17(26)30-23-19(11)22(28)20(12(2)25)24-21(23)15(9-18(27)31-24)14-8-13-5-3-4-6-16(13)29-10-14/h3-8,15,28H,9-10H2,1-2H3. The van der Waals surface area contributed by atoms with Crippen molar-refractivity contribution in [2.45, 2.75) is 26.2 Å². The number of hydrogen-bond donors (Lipinski definition) is 1. The highest BCUT2D eigenvalue weighted by molar-refractivity contribution is 6.09. The van der Waals surface area contributed by atoms with Gasteiger partial charge in [0.05, 0.1) is 11.8 Å². The van der Waals surface area contributed by atoms with Crippen LogP contribution in [0.1, 0.15) is 46.3 Å². The molecule has 0 aliphatic carbocycles. The molecule has 0 amide bonds. The molecule has 0 spiro atoms. The number of ether oxygens (including phenoxy) is 2. The number of phenols is 1. The van der Waals surface area contributed by atoms with Gasteiger partial charge in [-0.15, -0.1) is 0 Å². The van der Waals surface area contributed by atoms with Crippen molar-refractivity contribution in [1.29, 1.82) is 0 Å². The van der Waals surface area contributed by atoms with Crippen LogP contribution in [-0.4, -0.2) is 23.5 Å². The number of carbonyl (C=O) groups excluding carboxylic acids is 2. The smallest absolute Gasteiger partial charge is 0.336 e. The molecule has 2 aliphatic rings. The fourth-order valence-corrected chi connectivity index (χ4v) is 4.39. The maximum atomic E-state index is 12.5. The predicted molar refractivity (Wildman–Crippen MR) is 112 cm³/mol. The molecule has 0 saturated carbocycles. The van der Waals surface area contributed by atoms with Crippen LogP contribution >= 0.6 is 0 Å². The van der Waals surface area contributed by atoms with Crippen LogP contribution in [0.4, 0.5) is 0 Å². The normalized spacial score (nSPS) is 17.3. The molecule has 3 heterocycles. The maximum absolute atomic E-state index is 12.5. The largest absolute Gasteiger partial charge is 0.506 e. The average Bonchev–Trinajstić information content (AvgIpc) is 2.71. The molecule has 1 aromatic heterocycles. The summed E-state index contributed by atoms with van der Waals surface area (Å²) in [6, 6.07) is 8.76. The van der Waals surface area contributed by atoms with Crippen molar-refractivity contribution in [2.75, 3.05) is 6.61 Å². The lowest BCUT2D eigenvalue weighted by atomic mass is 9.81. The highest BCUT2D eigenvalue weighted by Gasteiger charge is 2.38. The van der Waals surface area contributed by atoms with Crippen molar-refractivity contribution >= 4 is 28.8 Å². The van der Waals surface area contributed by atoms with E-state index in [0.717, 1.165) is 16.9 Å². The van der Waals surface area contributed by atoms with Gasteiger partial charge in [-0.05, 0) is 37.1 Å². The second-order valence-corrected chi connectivity index (χ2v) is 7.75. The Labute approximate surface area is 176 Å². The van der Waals surface area contributed by atoms with Crippen molar-refractivity contribution in [3.8, 4) is 17.2 Å². The number of aromatic hydroxyl groups is 1. The van der Waals surface area contributed by atoms with E-state index in [2.05, 4.69) is 0 Å². The van der Waals surface area contributed by atoms with Crippen molar-refractivity contribution in [1.82, 2.24) is 0 Å². The molecule has 3 aromatic rings. The molecular weight excluding hydrogens is 400 g/mol. The van der Waals surface area contributed by atoms with Crippen LogP contribution in [0.25, 0.3) is 17.0 Å². The first-order valence-electron chi connectivity index (χ1n) is 9.82. The summed E-state index contributed by atoms with van der Waals surface area (Å²) >= 11 is 0. The van der Waals surface area contributed by atoms with E-state index in [1.165, 1.54) is 13.0 Å². The Balaban J connectivity index is 1.86. The number of ketones is 1. The number of Topliss-reactive ketones (excluding diaryl/α,β-unsaturated/α-hetero) is 1. The van der Waals surface area contributed by atoms with Gasteiger partial charge in [0.15, 0.2) is 11.5 Å². The quantitative estimate of drug-likeness (QED) is 0.292. The fourth-order valence-electron chi connectivity index (χ4n) is 4.39. The Morgan fingerprint density at radius 3 is 2.74 bits per heavy atom. The molecule has 0 bridgehead atoms. The van der Waals surface area contributed by atoms with E-state index in [9.17, 15) is 19.5 Å². The summed E-state index contributed by atoms with van der Waals surface area (Å²) < 4.78 is 16.8. The van der Waals surface area contributed by atoms with Crippen molar-refractivity contribution in [2.24, 2.45) is 0 Å². The van der Waals surface area contributed by atoms with E-state index >= 15 is 0 Å². The fraction of sp³-hybridized carbons (Fsp3) is 0.208. The van der Waals surface area contributed by atoms with Gasteiger partial charge in [0.2, 0.25) is 0 Å². The molecule has 7 nitrogen and oxygen atoms in total. The van der Waals surface area contributed by atoms with Gasteiger partial charge in [-0.2, -0.15) is 0 Å². The van der Waals surface area contributed by atoms with Crippen LogP contribution in [0, 0.1) is 6.92 Å². The lowest BCUT2D eigenvalue weighted by Crippen LogP contribution is -2.26. The lowest BCUT2D eigenvalue weighted by molar-refractivity contribution is -0.135. The van der Waals surface area contributed by atoms with Gasteiger partial charge in [0.1, 0.15) is 29.3 Å². The molecule has 1 atom stereocenters. The van der Waals surface area contributed by atoms with Gasteiger partial charge >= 0.3 is 11.6 Å². The summed E-state index contributed by atoms with van der Waals surface area (Å²) in [6.07, 6.45) is 1.92. The summed E-state index contributed by atoms with van der Waals surface area (Å²) in [5.74, 6) is -1.26. The zero-order valence-corrected chi connectivity index (χ0v) is 16.9. The molecule has 2 aliphatic heterocycles. The van der Waals surface area contributed by atoms with Gasteiger partial charge in [-0.25, -0.2) is 4.79 Å². The summed E-state index contributed by atoms with van der Waals surface area (Å²) in [5.41, 5.74) is 1.91. The first-order chi connectivity index (χ1) is 14.8. The zero-order chi connectivity index (χ0) is 21.9. The molecule has 31 heavy (non-hydrogen) atoms. The second kappa shape index (κ2) is 6.84. The topological polar surface area (TPSA) is 103 Å². The van der Waals surface area contributed by atoms with Crippen molar-refractivity contribution < 1.29 is 28.6 Å². The summed E-state index contributed by atoms with van der Waals surface area (Å²) in [6.45, 7) is 3.16. The number of aryl methyl sites for hydroxylation is 1. The SMILES string of the molecule is CC(=O)c1c2c(c3oc(=O)cc(C)c3c1O)C(C1=Cc3ccccc3OC1)CC(=O)O2. The zero-order valence-electron chi connectivity index (χ0n) is 16.9. The number of hydrogen-bond acceptors (Lipinski definition) is 7. The van der Waals surface area contributed by atoms with E-state index in [1.807, 2.05) is 30.3 Å². The predicted octanol–water partition coefficient (Wildman–Crippen LogP) is 3.88. The van der Waals surface area contributed by atoms with Gasteiger partial charge in [-0.3, -0.25) is 9.59 Å². The van der Waals surface area contributed by atoms with E-state index in [-0.39, 0.29) is 41.1 Å². The first kappa shape index (κ1) is 19.1. The second-order valence-electron chi connectivity index (χ2n) is 7.75. The van der Waals surface area contributed by atoms with Crippen molar-refractivity contribution in [3.63, 3.8) is 0 Å². The minimum Gasteiger partial charge on any atom is -0.506 e. The summed E-state index contributed by atoms with van der Waals surface area (Å²) in [7, 11) is 0. The molecule has 1 unspecified atom stereocenters. The molecule has 5 rings (SSSR count). The molecule has 0 fully saturated rings. The minimum atomic E-state index is -0.600. The van der Waals surface area contributed by atoms with Crippen LogP contribution in [0.5, 0.6) is 17.2 Å². The van der Waals surface area contributed by atoms with E-state index in [0.29, 0.717) is 11.1 Å². The Bertz CT molecular complexity index is 1380. The van der Waals surface area contributed by atoms with E-state index in [4.69, 9.17) is 13.9 Å². The Morgan fingerprint density at radius 2 is 1.97 bits per heavy atom. The highest BCUT2D eigenvalue weighted by Crippen LogP contribution is 2.50. The van der Waals surface area contributed by atoms with Crippen LogP contribution < -0.4 is 15.1 Å². The lowest BCUT2D eigenvalue weighted by Gasteiger charge is -2.30.